The van der Waals surface area contributed by atoms with E-state index in [0.717, 1.165) is 18.8 Å². The molecule has 1 saturated heterocycles. The fourth-order valence-electron chi connectivity index (χ4n) is 3.28. The molecule has 4 nitrogen and oxygen atoms in total. The Morgan fingerprint density at radius 3 is 2.70 bits per heavy atom. The Hall–Kier alpha value is -0.870. The molecular weight excluding hydrogens is 248 g/mol. The first-order chi connectivity index (χ1) is 9.47. The Kier molecular flexibility index (Phi) is 5.22. The molecule has 1 aliphatic heterocycles. The molecule has 2 heterocycles. The van der Waals surface area contributed by atoms with Gasteiger partial charge in [-0.2, -0.15) is 5.10 Å². The monoisotopic (exact) mass is 278 g/mol. The zero-order valence-electron chi connectivity index (χ0n) is 13.7. The molecule has 2 rings (SSSR count). The number of rotatable bonds is 6. The molecule has 0 aromatic carbocycles. The zero-order chi connectivity index (χ0) is 14.7. The first-order valence-electron chi connectivity index (χ1n) is 7.95. The second-order valence-electron chi connectivity index (χ2n) is 6.66. The van der Waals surface area contributed by atoms with Crippen molar-refractivity contribution in [1.82, 2.24) is 20.0 Å². The maximum Gasteiger partial charge on any atom is 0.0641 e. The third-order valence-corrected chi connectivity index (χ3v) is 4.27. The van der Waals surface area contributed by atoms with Crippen LogP contribution in [0.1, 0.15) is 50.9 Å². The van der Waals surface area contributed by atoms with Crippen LogP contribution in [0.25, 0.3) is 0 Å². The van der Waals surface area contributed by atoms with E-state index in [1.165, 1.54) is 24.9 Å². The molecule has 0 amide bonds. The van der Waals surface area contributed by atoms with Crippen LogP contribution in [0.5, 0.6) is 0 Å². The molecule has 4 heteroatoms. The van der Waals surface area contributed by atoms with Gasteiger partial charge < -0.3 is 5.32 Å². The quantitative estimate of drug-likeness (QED) is 0.868. The van der Waals surface area contributed by atoms with Crippen LogP contribution in [-0.2, 0) is 7.05 Å². The fraction of sp³-hybridized carbons (Fsp3) is 0.812. The van der Waals surface area contributed by atoms with Gasteiger partial charge in [-0.3, -0.25) is 9.58 Å². The molecule has 2 atom stereocenters. The SMILES string of the molecule is Cc1nn(C)cc1C(C)N(CC(C)C)CC1CCCN1. The number of hydrogen-bond donors (Lipinski definition) is 1. The van der Waals surface area contributed by atoms with Crippen LogP contribution in [-0.4, -0.2) is 40.4 Å². The van der Waals surface area contributed by atoms with Gasteiger partial charge in [0.1, 0.15) is 0 Å². The highest BCUT2D eigenvalue weighted by Crippen LogP contribution is 2.24. The van der Waals surface area contributed by atoms with Gasteiger partial charge in [-0.05, 0) is 39.2 Å². The lowest BCUT2D eigenvalue weighted by molar-refractivity contribution is 0.171. The first-order valence-corrected chi connectivity index (χ1v) is 7.95. The molecule has 0 spiro atoms. The first kappa shape index (κ1) is 15.5. The maximum atomic E-state index is 4.50. The summed E-state index contributed by atoms with van der Waals surface area (Å²) in [5.41, 5.74) is 2.53. The summed E-state index contributed by atoms with van der Waals surface area (Å²) in [6.07, 6.45) is 4.81. The van der Waals surface area contributed by atoms with Crippen LogP contribution < -0.4 is 5.32 Å². The number of aromatic nitrogens is 2. The zero-order valence-corrected chi connectivity index (χ0v) is 13.7. The molecule has 1 aromatic rings. The van der Waals surface area contributed by atoms with E-state index < -0.39 is 0 Å². The van der Waals surface area contributed by atoms with Crippen molar-refractivity contribution in [3.63, 3.8) is 0 Å². The Balaban J connectivity index is 2.09. The van der Waals surface area contributed by atoms with Gasteiger partial charge in [-0.1, -0.05) is 13.8 Å². The van der Waals surface area contributed by atoms with Gasteiger partial charge in [0.05, 0.1) is 5.69 Å². The molecule has 1 aromatic heterocycles. The minimum Gasteiger partial charge on any atom is -0.313 e. The lowest BCUT2D eigenvalue weighted by Crippen LogP contribution is -2.40. The Morgan fingerprint density at radius 1 is 1.45 bits per heavy atom. The van der Waals surface area contributed by atoms with Gasteiger partial charge in [0.15, 0.2) is 0 Å². The predicted octanol–water partition coefficient (Wildman–Crippen LogP) is 2.50. The highest BCUT2D eigenvalue weighted by atomic mass is 15.3. The predicted molar refractivity (Wildman–Crippen MR) is 83.8 cm³/mol. The highest BCUT2D eigenvalue weighted by molar-refractivity contribution is 5.19. The van der Waals surface area contributed by atoms with Crippen LogP contribution in [0.2, 0.25) is 0 Å². The Morgan fingerprint density at radius 2 is 2.20 bits per heavy atom. The summed E-state index contributed by atoms with van der Waals surface area (Å²) in [4.78, 5) is 2.62. The van der Waals surface area contributed by atoms with E-state index >= 15 is 0 Å². The molecule has 114 valence electrons. The third-order valence-electron chi connectivity index (χ3n) is 4.27. The topological polar surface area (TPSA) is 33.1 Å². The highest BCUT2D eigenvalue weighted by Gasteiger charge is 2.24. The molecule has 1 fully saturated rings. The smallest absolute Gasteiger partial charge is 0.0641 e. The van der Waals surface area contributed by atoms with Gasteiger partial charge in [-0.15, -0.1) is 0 Å². The molecule has 1 N–H and O–H groups in total. The average Bonchev–Trinajstić information content (AvgIpc) is 2.96. The normalized spacial score (nSPS) is 21.1. The van der Waals surface area contributed by atoms with Crippen molar-refractivity contribution >= 4 is 0 Å². The van der Waals surface area contributed by atoms with Crippen molar-refractivity contribution in [3.05, 3.63) is 17.5 Å². The minimum absolute atomic E-state index is 0.438. The lowest BCUT2D eigenvalue weighted by atomic mass is 10.0. The van der Waals surface area contributed by atoms with Crippen molar-refractivity contribution in [2.24, 2.45) is 13.0 Å². The molecule has 0 radical (unpaired) electrons. The van der Waals surface area contributed by atoms with Crippen molar-refractivity contribution in [1.29, 1.82) is 0 Å². The van der Waals surface area contributed by atoms with E-state index in [2.05, 4.69) is 49.2 Å². The molecule has 0 aliphatic carbocycles. The number of aryl methyl sites for hydroxylation is 2. The molecule has 0 saturated carbocycles. The van der Waals surface area contributed by atoms with E-state index in [0.29, 0.717) is 18.0 Å². The van der Waals surface area contributed by atoms with Crippen LogP contribution in [0.4, 0.5) is 0 Å². The summed E-state index contributed by atoms with van der Waals surface area (Å²) in [6, 6.07) is 1.10. The van der Waals surface area contributed by atoms with Crippen molar-refractivity contribution in [2.75, 3.05) is 19.6 Å². The van der Waals surface area contributed by atoms with E-state index in [4.69, 9.17) is 0 Å². The molecule has 2 unspecified atom stereocenters. The summed E-state index contributed by atoms with van der Waals surface area (Å²) >= 11 is 0. The molecule has 0 bridgehead atoms. The largest absolute Gasteiger partial charge is 0.313 e. The van der Waals surface area contributed by atoms with Gasteiger partial charge in [-0.25, -0.2) is 0 Å². The van der Waals surface area contributed by atoms with Gasteiger partial charge in [0.25, 0.3) is 0 Å². The maximum absolute atomic E-state index is 4.50. The van der Waals surface area contributed by atoms with Crippen LogP contribution >= 0.6 is 0 Å². The summed E-state index contributed by atoms with van der Waals surface area (Å²) in [7, 11) is 2.01. The van der Waals surface area contributed by atoms with Crippen LogP contribution in [0.15, 0.2) is 6.20 Å². The fourth-order valence-corrected chi connectivity index (χ4v) is 3.28. The average molecular weight is 278 g/mol. The Bertz CT molecular complexity index is 418. The second-order valence-corrected chi connectivity index (χ2v) is 6.66. The molecular formula is C16H30N4. The molecule has 20 heavy (non-hydrogen) atoms. The van der Waals surface area contributed by atoms with Gasteiger partial charge >= 0.3 is 0 Å². The number of nitrogens with zero attached hydrogens (tertiary/aromatic N) is 3. The van der Waals surface area contributed by atoms with Crippen molar-refractivity contribution in [3.8, 4) is 0 Å². The van der Waals surface area contributed by atoms with E-state index in [9.17, 15) is 0 Å². The number of nitrogens with one attached hydrogen (secondary N) is 1. The van der Waals surface area contributed by atoms with Gasteiger partial charge in [0.2, 0.25) is 0 Å². The minimum atomic E-state index is 0.438. The van der Waals surface area contributed by atoms with E-state index in [-0.39, 0.29) is 0 Å². The van der Waals surface area contributed by atoms with Crippen LogP contribution in [0.3, 0.4) is 0 Å². The third kappa shape index (κ3) is 3.83. The van der Waals surface area contributed by atoms with Crippen LogP contribution in [0, 0.1) is 12.8 Å². The summed E-state index contributed by atoms with van der Waals surface area (Å²) in [5, 5.41) is 8.12. The Labute approximate surface area is 123 Å². The van der Waals surface area contributed by atoms with Crippen molar-refractivity contribution in [2.45, 2.75) is 52.6 Å². The van der Waals surface area contributed by atoms with E-state index in [1.54, 1.807) is 0 Å². The summed E-state index contributed by atoms with van der Waals surface area (Å²) in [6.45, 7) is 12.5. The molecule has 1 aliphatic rings. The second kappa shape index (κ2) is 6.72. The summed E-state index contributed by atoms with van der Waals surface area (Å²) < 4.78 is 1.93. The number of hydrogen-bond acceptors (Lipinski definition) is 3. The standard InChI is InChI=1S/C16H30N4/c1-12(2)9-20(10-15-7-6-8-17-15)14(4)16-11-19(5)18-13(16)3/h11-12,14-15,17H,6-10H2,1-5H3. The van der Waals surface area contributed by atoms with E-state index in [1.807, 2.05) is 11.7 Å². The van der Waals surface area contributed by atoms with Crippen molar-refractivity contribution < 1.29 is 0 Å². The van der Waals surface area contributed by atoms with Gasteiger partial charge in [0, 0.05) is 44.0 Å². The lowest BCUT2D eigenvalue weighted by Gasteiger charge is -2.32. The summed E-state index contributed by atoms with van der Waals surface area (Å²) in [5.74, 6) is 0.691.